The summed E-state index contributed by atoms with van der Waals surface area (Å²) in [6.07, 6.45) is 6.03. The van der Waals surface area contributed by atoms with Gasteiger partial charge >= 0.3 is 0 Å². The number of benzene rings is 1. The van der Waals surface area contributed by atoms with Crippen molar-refractivity contribution in [2.45, 2.75) is 38.0 Å². The number of ether oxygens (including phenoxy) is 2. The van der Waals surface area contributed by atoms with Gasteiger partial charge in [-0.25, -0.2) is 0 Å². The first-order chi connectivity index (χ1) is 13.5. The molecular weight excluding hydrogens is 356 g/mol. The van der Waals surface area contributed by atoms with Crippen molar-refractivity contribution in [1.29, 1.82) is 0 Å². The maximum Gasteiger partial charge on any atom is 0.267 e. The molecule has 0 saturated heterocycles. The van der Waals surface area contributed by atoms with Crippen molar-refractivity contribution < 1.29 is 19.1 Å². The lowest BCUT2D eigenvalue weighted by Gasteiger charge is -2.31. The van der Waals surface area contributed by atoms with Gasteiger partial charge in [-0.1, -0.05) is 18.9 Å². The van der Waals surface area contributed by atoms with Crippen LogP contribution in [-0.4, -0.2) is 36.0 Å². The summed E-state index contributed by atoms with van der Waals surface area (Å²) in [5.74, 6) is 1.37. The Hall–Kier alpha value is -2.76. The predicted molar refractivity (Wildman–Crippen MR) is 105 cm³/mol. The maximum atomic E-state index is 12.8. The third-order valence-corrected chi connectivity index (χ3v) is 5.95. The zero-order valence-electron chi connectivity index (χ0n) is 16.4. The number of rotatable bonds is 5. The smallest absolute Gasteiger partial charge is 0.267 e. The molecule has 4 rings (SSSR count). The molecule has 1 aliphatic heterocycles. The number of nitrogens with zero attached hydrogens (tertiary/aromatic N) is 1. The molecule has 2 aliphatic rings. The second-order valence-electron chi connectivity index (χ2n) is 7.81. The number of Topliss-reactive ketones (excluding diaryl/α,β-unsaturated/α-hetero) is 1. The van der Waals surface area contributed by atoms with Gasteiger partial charge in [0.05, 0.1) is 0 Å². The highest BCUT2D eigenvalue weighted by Crippen LogP contribution is 2.43. The fourth-order valence-corrected chi connectivity index (χ4v) is 4.32. The fraction of sp³-hybridized carbons (Fsp3) is 0.455. The average molecular weight is 382 g/mol. The molecule has 6 heteroatoms. The predicted octanol–water partition coefficient (Wildman–Crippen LogP) is 3.24. The lowest BCUT2D eigenvalue weighted by molar-refractivity contribution is 0.0934. The molecule has 1 saturated carbocycles. The van der Waals surface area contributed by atoms with E-state index in [9.17, 15) is 9.59 Å². The van der Waals surface area contributed by atoms with Crippen LogP contribution < -0.4 is 14.8 Å². The van der Waals surface area contributed by atoms with Gasteiger partial charge in [0.2, 0.25) is 0 Å². The van der Waals surface area contributed by atoms with Crippen molar-refractivity contribution >= 4 is 11.7 Å². The van der Waals surface area contributed by atoms with Crippen LogP contribution in [0.1, 0.15) is 59.0 Å². The van der Waals surface area contributed by atoms with Crippen LogP contribution in [0.25, 0.3) is 0 Å². The second-order valence-corrected chi connectivity index (χ2v) is 7.81. The molecule has 0 atom stereocenters. The van der Waals surface area contributed by atoms with E-state index in [-0.39, 0.29) is 17.1 Å². The van der Waals surface area contributed by atoms with E-state index in [0.29, 0.717) is 31.0 Å². The molecule has 28 heavy (non-hydrogen) atoms. The summed E-state index contributed by atoms with van der Waals surface area (Å²) in [6.45, 7) is 3.21. The van der Waals surface area contributed by atoms with Crippen LogP contribution in [0.3, 0.4) is 0 Å². The molecule has 0 unspecified atom stereocenters. The molecule has 0 spiro atoms. The van der Waals surface area contributed by atoms with E-state index >= 15 is 0 Å². The number of hydrogen-bond donors (Lipinski definition) is 1. The van der Waals surface area contributed by atoms with E-state index < -0.39 is 0 Å². The van der Waals surface area contributed by atoms with Gasteiger partial charge in [-0.3, -0.25) is 9.59 Å². The van der Waals surface area contributed by atoms with Crippen LogP contribution in [0.15, 0.2) is 30.5 Å². The Labute approximate surface area is 164 Å². The largest absolute Gasteiger partial charge is 0.486 e. The van der Waals surface area contributed by atoms with Crippen molar-refractivity contribution in [3.05, 3.63) is 47.3 Å². The summed E-state index contributed by atoms with van der Waals surface area (Å²) in [5.41, 5.74) is 2.14. The standard InChI is InChI=1S/C22H26N2O4/c1-15(25)16-11-18(24(2)13-16)21(26)23-14-22(7-3-4-8-22)17-5-6-19-20(12-17)28-10-9-27-19/h5-6,11-13H,3-4,7-10,14H2,1-2H3,(H,23,26). The van der Waals surface area contributed by atoms with Crippen LogP contribution in [0.4, 0.5) is 0 Å². The van der Waals surface area contributed by atoms with Gasteiger partial charge in [-0.15, -0.1) is 0 Å². The molecular formula is C22H26N2O4. The summed E-state index contributed by atoms with van der Waals surface area (Å²) in [6, 6.07) is 7.80. The van der Waals surface area contributed by atoms with Crippen molar-refractivity contribution in [1.82, 2.24) is 9.88 Å². The minimum atomic E-state index is -0.154. The molecule has 0 bridgehead atoms. The highest BCUT2D eigenvalue weighted by molar-refractivity contribution is 5.99. The Bertz CT molecular complexity index is 909. The third-order valence-electron chi connectivity index (χ3n) is 5.95. The highest BCUT2D eigenvalue weighted by atomic mass is 16.6. The van der Waals surface area contributed by atoms with E-state index in [2.05, 4.69) is 17.4 Å². The summed E-state index contributed by atoms with van der Waals surface area (Å²) in [7, 11) is 1.79. The Morgan fingerprint density at radius 2 is 1.82 bits per heavy atom. The average Bonchev–Trinajstić information content (AvgIpc) is 3.33. The minimum absolute atomic E-state index is 0.0433. The summed E-state index contributed by atoms with van der Waals surface area (Å²) in [5, 5.41) is 3.11. The summed E-state index contributed by atoms with van der Waals surface area (Å²) in [4.78, 5) is 24.4. The SMILES string of the molecule is CC(=O)c1cc(C(=O)NCC2(c3ccc4c(c3)OCCO4)CCCC2)n(C)c1. The van der Waals surface area contributed by atoms with E-state index in [1.807, 2.05) is 6.07 Å². The zero-order chi connectivity index (χ0) is 19.7. The Morgan fingerprint density at radius 3 is 2.50 bits per heavy atom. The topological polar surface area (TPSA) is 69.6 Å². The van der Waals surface area contributed by atoms with Gasteiger partial charge in [0, 0.05) is 30.8 Å². The molecule has 148 valence electrons. The molecule has 1 fully saturated rings. The number of ketones is 1. The van der Waals surface area contributed by atoms with Gasteiger partial charge in [0.25, 0.3) is 5.91 Å². The van der Waals surface area contributed by atoms with Gasteiger partial charge in [-0.05, 0) is 43.5 Å². The van der Waals surface area contributed by atoms with Crippen molar-refractivity contribution in [3.63, 3.8) is 0 Å². The number of amides is 1. The van der Waals surface area contributed by atoms with Gasteiger partial charge in [-0.2, -0.15) is 0 Å². The summed E-state index contributed by atoms with van der Waals surface area (Å²) >= 11 is 0. The van der Waals surface area contributed by atoms with Gasteiger partial charge < -0.3 is 19.4 Å². The molecule has 2 heterocycles. The number of fused-ring (bicyclic) bond motifs is 1. The van der Waals surface area contributed by atoms with Gasteiger partial charge in [0.1, 0.15) is 18.9 Å². The molecule has 1 N–H and O–H groups in total. The summed E-state index contributed by atoms with van der Waals surface area (Å²) < 4.78 is 13.1. The van der Waals surface area contributed by atoms with Crippen LogP contribution >= 0.6 is 0 Å². The minimum Gasteiger partial charge on any atom is -0.486 e. The van der Waals surface area contributed by atoms with Gasteiger partial charge in [0.15, 0.2) is 17.3 Å². The molecule has 6 nitrogen and oxygen atoms in total. The zero-order valence-corrected chi connectivity index (χ0v) is 16.4. The molecule has 1 aromatic carbocycles. The van der Waals surface area contributed by atoms with Crippen LogP contribution in [-0.2, 0) is 12.5 Å². The first-order valence-electron chi connectivity index (χ1n) is 9.84. The Balaban J connectivity index is 1.54. The lowest BCUT2D eigenvalue weighted by atomic mass is 9.78. The van der Waals surface area contributed by atoms with Crippen molar-refractivity contribution in [2.24, 2.45) is 7.05 Å². The van der Waals surface area contributed by atoms with Crippen LogP contribution in [0.2, 0.25) is 0 Å². The molecule has 0 radical (unpaired) electrons. The van der Waals surface area contributed by atoms with Crippen molar-refractivity contribution in [2.75, 3.05) is 19.8 Å². The maximum absolute atomic E-state index is 12.8. The lowest BCUT2D eigenvalue weighted by Crippen LogP contribution is -2.39. The quantitative estimate of drug-likeness (QED) is 0.806. The molecule has 1 aromatic heterocycles. The van der Waals surface area contributed by atoms with E-state index in [1.54, 1.807) is 23.9 Å². The number of aryl methyl sites for hydroxylation is 1. The van der Waals surface area contributed by atoms with E-state index in [4.69, 9.17) is 9.47 Å². The fourth-order valence-electron chi connectivity index (χ4n) is 4.32. The molecule has 1 amide bonds. The number of carbonyl (C=O) groups is 2. The first-order valence-corrected chi connectivity index (χ1v) is 9.84. The second kappa shape index (κ2) is 7.34. The molecule has 1 aliphatic carbocycles. The number of hydrogen-bond acceptors (Lipinski definition) is 4. The Morgan fingerprint density at radius 1 is 1.11 bits per heavy atom. The van der Waals surface area contributed by atoms with Crippen LogP contribution in [0.5, 0.6) is 11.5 Å². The number of nitrogens with one attached hydrogen (secondary N) is 1. The number of aromatic nitrogens is 1. The number of carbonyl (C=O) groups excluding carboxylic acids is 2. The third kappa shape index (κ3) is 3.39. The van der Waals surface area contributed by atoms with E-state index in [1.165, 1.54) is 12.5 Å². The van der Waals surface area contributed by atoms with Crippen LogP contribution in [0, 0.1) is 0 Å². The van der Waals surface area contributed by atoms with Crippen molar-refractivity contribution in [3.8, 4) is 11.5 Å². The van der Waals surface area contributed by atoms with E-state index in [0.717, 1.165) is 37.2 Å². The molecule has 2 aromatic rings. The Kier molecular flexibility index (Phi) is 4.87. The highest BCUT2D eigenvalue weighted by Gasteiger charge is 2.37. The first kappa shape index (κ1) is 18.6. The monoisotopic (exact) mass is 382 g/mol. The normalized spacial score (nSPS) is 17.4.